The Labute approximate surface area is 124 Å². The molecule has 0 saturated carbocycles. The highest BCUT2D eigenvalue weighted by molar-refractivity contribution is 14.1. The molecule has 0 aromatic heterocycles. The molecule has 1 amide bonds. The van der Waals surface area contributed by atoms with Crippen LogP contribution in [0.15, 0.2) is 22.7 Å². The fourth-order valence-electron chi connectivity index (χ4n) is 1.43. The van der Waals surface area contributed by atoms with Crippen molar-refractivity contribution >= 4 is 50.1 Å². The number of hydrogen-bond acceptors (Lipinski definition) is 2. The maximum absolute atomic E-state index is 11.9. The lowest BCUT2D eigenvalue weighted by molar-refractivity contribution is -0.117. The predicted octanol–water partition coefficient (Wildman–Crippen LogP) is 3.37. The van der Waals surface area contributed by atoms with Gasteiger partial charge in [-0.05, 0) is 53.1 Å². The molecular formula is C12H16BrIN2O. The molecule has 0 spiro atoms. The zero-order chi connectivity index (χ0) is 13.0. The number of hydrogen-bond donors (Lipinski definition) is 2. The van der Waals surface area contributed by atoms with Crippen LogP contribution in [-0.2, 0) is 4.79 Å². The molecule has 0 unspecified atom stereocenters. The third kappa shape index (κ3) is 4.93. The lowest BCUT2D eigenvalue weighted by atomic mass is 10.0. The summed E-state index contributed by atoms with van der Waals surface area (Å²) in [6, 6.07) is 5.30. The van der Waals surface area contributed by atoms with Crippen molar-refractivity contribution in [3.63, 3.8) is 0 Å². The Morgan fingerprint density at radius 2 is 2.18 bits per heavy atom. The maximum atomic E-state index is 11.9. The van der Waals surface area contributed by atoms with Crippen LogP contribution in [0.25, 0.3) is 0 Å². The molecule has 94 valence electrons. The van der Waals surface area contributed by atoms with Crippen LogP contribution in [0.3, 0.4) is 0 Å². The molecule has 0 radical (unpaired) electrons. The van der Waals surface area contributed by atoms with Crippen LogP contribution in [0.4, 0.5) is 5.69 Å². The van der Waals surface area contributed by atoms with Crippen molar-refractivity contribution < 1.29 is 4.79 Å². The highest BCUT2D eigenvalue weighted by Crippen LogP contribution is 2.23. The van der Waals surface area contributed by atoms with E-state index in [-0.39, 0.29) is 5.91 Å². The van der Waals surface area contributed by atoms with Crippen molar-refractivity contribution in [2.75, 3.05) is 5.32 Å². The lowest BCUT2D eigenvalue weighted by Gasteiger charge is -2.15. The van der Waals surface area contributed by atoms with Gasteiger partial charge in [0, 0.05) is 8.04 Å². The second-order valence-corrected chi connectivity index (χ2v) is 6.43. The summed E-state index contributed by atoms with van der Waals surface area (Å²) in [4.78, 5) is 11.9. The van der Waals surface area contributed by atoms with Crippen molar-refractivity contribution in [3.05, 3.63) is 26.2 Å². The van der Waals surface area contributed by atoms with Crippen LogP contribution in [0.1, 0.15) is 20.3 Å². The van der Waals surface area contributed by atoms with Gasteiger partial charge in [-0.25, -0.2) is 0 Å². The molecule has 5 heteroatoms. The summed E-state index contributed by atoms with van der Waals surface area (Å²) in [5, 5.41) is 2.85. The van der Waals surface area contributed by atoms with Crippen molar-refractivity contribution in [2.24, 2.45) is 11.7 Å². The highest BCUT2D eigenvalue weighted by atomic mass is 127. The van der Waals surface area contributed by atoms with Gasteiger partial charge in [0.05, 0.1) is 11.7 Å². The zero-order valence-corrected chi connectivity index (χ0v) is 13.6. The zero-order valence-electron chi connectivity index (χ0n) is 9.84. The summed E-state index contributed by atoms with van der Waals surface area (Å²) in [5.41, 5.74) is 6.62. The van der Waals surface area contributed by atoms with Crippen molar-refractivity contribution in [3.8, 4) is 0 Å². The molecular weight excluding hydrogens is 395 g/mol. The first-order chi connectivity index (χ1) is 7.90. The Hall–Kier alpha value is -0.140. The largest absolute Gasteiger partial charge is 0.324 e. The topological polar surface area (TPSA) is 55.1 Å². The summed E-state index contributed by atoms with van der Waals surface area (Å²) in [7, 11) is 0. The summed E-state index contributed by atoms with van der Waals surface area (Å²) in [6.07, 6.45) is 0.691. The summed E-state index contributed by atoms with van der Waals surface area (Å²) < 4.78 is 1.93. The third-order valence-corrected chi connectivity index (χ3v) is 3.68. The minimum atomic E-state index is -0.454. The summed E-state index contributed by atoms with van der Waals surface area (Å²) in [5.74, 6) is 0.284. The number of nitrogens with one attached hydrogen (secondary N) is 1. The van der Waals surface area contributed by atoms with Crippen LogP contribution in [0.5, 0.6) is 0 Å². The van der Waals surface area contributed by atoms with Gasteiger partial charge < -0.3 is 11.1 Å². The standard InChI is InChI=1S/C12H16BrIN2O/c1-7(2)5-10(15)12(17)16-11-6-8(13)3-4-9(11)14/h3-4,6-7,10H,5,15H2,1-2H3,(H,16,17)/t10-/m1/s1. The molecule has 1 aromatic rings. The van der Waals surface area contributed by atoms with E-state index < -0.39 is 6.04 Å². The van der Waals surface area contributed by atoms with E-state index in [4.69, 9.17) is 5.73 Å². The molecule has 0 aliphatic carbocycles. The van der Waals surface area contributed by atoms with E-state index in [0.717, 1.165) is 13.7 Å². The van der Waals surface area contributed by atoms with Gasteiger partial charge >= 0.3 is 0 Å². The predicted molar refractivity (Wildman–Crippen MR) is 82.9 cm³/mol. The average molecular weight is 411 g/mol. The molecule has 17 heavy (non-hydrogen) atoms. The number of benzene rings is 1. The van der Waals surface area contributed by atoms with E-state index in [1.54, 1.807) is 0 Å². The fraction of sp³-hybridized carbons (Fsp3) is 0.417. The normalized spacial score (nSPS) is 12.6. The Bertz CT molecular complexity index is 409. The van der Waals surface area contributed by atoms with Crippen LogP contribution in [0.2, 0.25) is 0 Å². The molecule has 1 rings (SSSR count). The summed E-state index contributed by atoms with van der Waals surface area (Å²) >= 11 is 5.56. The minimum Gasteiger partial charge on any atom is -0.324 e. The fourth-order valence-corrected chi connectivity index (χ4v) is 2.27. The van der Waals surface area contributed by atoms with E-state index in [9.17, 15) is 4.79 Å². The van der Waals surface area contributed by atoms with E-state index in [1.165, 1.54) is 0 Å². The average Bonchev–Trinajstić information content (AvgIpc) is 2.22. The first-order valence-electron chi connectivity index (χ1n) is 5.41. The number of nitrogens with two attached hydrogens (primary N) is 1. The van der Waals surface area contributed by atoms with Gasteiger partial charge in [0.25, 0.3) is 0 Å². The molecule has 0 fully saturated rings. The molecule has 0 aliphatic rings. The monoisotopic (exact) mass is 410 g/mol. The van der Waals surface area contributed by atoms with Crippen LogP contribution < -0.4 is 11.1 Å². The number of rotatable bonds is 4. The Kier molecular flexibility index (Phi) is 5.88. The first-order valence-corrected chi connectivity index (χ1v) is 7.29. The Morgan fingerprint density at radius 3 is 2.76 bits per heavy atom. The van der Waals surface area contributed by atoms with Gasteiger partial charge in [-0.1, -0.05) is 29.8 Å². The number of carbonyl (C=O) groups is 1. The van der Waals surface area contributed by atoms with Gasteiger partial charge in [0.2, 0.25) is 5.91 Å². The molecule has 3 N–H and O–H groups in total. The van der Waals surface area contributed by atoms with E-state index in [1.807, 2.05) is 18.2 Å². The quantitative estimate of drug-likeness (QED) is 0.747. The summed E-state index contributed by atoms with van der Waals surface area (Å²) in [6.45, 7) is 4.10. The molecule has 0 aliphatic heterocycles. The molecule has 1 aromatic carbocycles. The molecule has 1 atom stereocenters. The van der Waals surface area contributed by atoms with Gasteiger partial charge in [0.1, 0.15) is 0 Å². The second kappa shape index (κ2) is 6.70. The first kappa shape index (κ1) is 14.9. The third-order valence-electron chi connectivity index (χ3n) is 2.25. The molecule has 3 nitrogen and oxygen atoms in total. The number of carbonyl (C=O) groups excluding carboxylic acids is 1. The van der Waals surface area contributed by atoms with Crippen molar-refractivity contribution in [1.29, 1.82) is 0 Å². The van der Waals surface area contributed by atoms with E-state index >= 15 is 0 Å². The van der Waals surface area contributed by atoms with Crippen LogP contribution in [-0.4, -0.2) is 11.9 Å². The number of halogens is 2. The molecule has 0 bridgehead atoms. The second-order valence-electron chi connectivity index (χ2n) is 4.35. The maximum Gasteiger partial charge on any atom is 0.241 e. The van der Waals surface area contributed by atoms with Crippen molar-refractivity contribution in [2.45, 2.75) is 26.3 Å². The minimum absolute atomic E-state index is 0.130. The van der Waals surface area contributed by atoms with E-state index in [0.29, 0.717) is 12.3 Å². The van der Waals surface area contributed by atoms with E-state index in [2.05, 4.69) is 57.7 Å². The highest BCUT2D eigenvalue weighted by Gasteiger charge is 2.16. The van der Waals surface area contributed by atoms with Crippen LogP contribution >= 0.6 is 38.5 Å². The molecule has 0 heterocycles. The molecule has 0 saturated heterocycles. The van der Waals surface area contributed by atoms with Gasteiger partial charge in [-0.3, -0.25) is 4.79 Å². The Morgan fingerprint density at radius 1 is 1.53 bits per heavy atom. The Balaban J connectivity index is 2.70. The smallest absolute Gasteiger partial charge is 0.241 e. The number of amides is 1. The van der Waals surface area contributed by atoms with Gasteiger partial charge in [-0.15, -0.1) is 0 Å². The SMILES string of the molecule is CC(C)C[C@@H](N)C(=O)Nc1cc(Br)ccc1I. The lowest BCUT2D eigenvalue weighted by Crippen LogP contribution is -2.36. The van der Waals surface area contributed by atoms with Crippen LogP contribution in [0, 0.1) is 9.49 Å². The van der Waals surface area contributed by atoms with Gasteiger partial charge in [0.15, 0.2) is 0 Å². The van der Waals surface area contributed by atoms with Gasteiger partial charge in [-0.2, -0.15) is 0 Å². The van der Waals surface area contributed by atoms with Crippen molar-refractivity contribution in [1.82, 2.24) is 0 Å². The number of anilines is 1.